The average molecular weight is 213 g/mol. The highest BCUT2D eigenvalue weighted by atomic mass is 35.5. The van der Waals surface area contributed by atoms with Crippen molar-refractivity contribution >= 4 is 17.6 Å². The molecule has 1 heterocycles. The number of esters is 1. The Morgan fingerprint density at radius 3 is 2.15 bits per heavy atom. The van der Waals surface area contributed by atoms with Crippen molar-refractivity contribution in [3.63, 3.8) is 0 Å². The summed E-state index contributed by atoms with van der Waals surface area (Å²) in [5.74, 6) is -1.18. The Hall–Kier alpha value is -0.400. The molecule has 1 aliphatic heterocycles. The molecule has 6 nitrogen and oxygen atoms in total. The molecule has 0 spiro atoms. The van der Waals surface area contributed by atoms with Crippen molar-refractivity contribution < 1.29 is 30.0 Å². The van der Waals surface area contributed by atoms with Crippen LogP contribution in [-0.2, 0) is 9.53 Å². The first kappa shape index (κ1) is 10.7. The van der Waals surface area contributed by atoms with Crippen LogP contribution >= 0.6 is 11.6 Å². The van der Waals surface area contributed by atoms with E-state index >= 15 is 0 Å². The Balaban J connectivity index is 2.85. The monoisotopic (exact) mass is 212 g/mol. The summed E-state index contributed by atoms with van der Waals surface area (Å²) >= 11 is 5.32. The summed E-state index contributed by atoms with van der Waals surface area (Å²) in [5, 5.41) is 36.3. The van der Waals surface area contributed by atoms with Gasteiger partial charge in [0.25, 0.3) is 0 Å². The number of rotatable bonds is 0. The van der Waals surface area contributed by atoms with E-state index in [4.69, 9.17) is 32.0 Å². The molecule has 0 radical (unpaired) electrons. The molecule has 76 valence electrons. The molecule has 0 aromatic carbocycles. The number of aliphatic hydroxyl groups excluding tert-OH is 4. The number of aliphatic hydroxyl groups is 4. The van der Waals surface area contributed by atoms with E-state index in [9.17, 15) is 4.79 Å². The Morgan fingerprint density at radius 1 is 1.08 bits per heavy atom. The number of halogens is 1. The second-order valence-corrected chi connectivity index (χ2v) is 3.13. The standard InChI is InChI=1S/C6H9ClO6/c7-5-3(10)1(8)2(9)4(11)6(12)13-5/h1-5,8-11H/t1-,2-,3-,4-,5?/m0/s1. The first-order valence-electron chi connectivity index (χ1n) is 3.52. The molecule has 0 aromatic heterocycles. The van der Waals surface area contributed by atoms with Gasteiger partial charge in [-0.15, -0.1) is 0 Å². The lowest BCUT2D eigenvalue weighted by Gasteiger charge is -2.20. The molecule has 1 unspecified atom stereocenters. The molecule has 0 saturated carbocycles. The van der Waals surface area contributed by atoms with Gasteiger partial charge in [-0.3, -0.25) is 0 Å². The maximum atomic E-state index is 10.8. The van der Waals surface area contributed by atoms with E-state index in [1.807, 2.05) is 0 Å². The minimum Gasteiger partial charge on any atom is -0.441 e. The normalized spacial score (nSPS) is 46.8. The molecule has 0 aliphatic carbocycles. The molecule has 0 amide bonds. The van der Waals surface area contributed by atoms with Gasteiger partial charge in [0, 0.05) is 0 Å². The molecule has 5 atom stereocenters. The number of alkyl halides is 1. The smallest absolute Gasteiger partial charge is 0.339 e. The number of ether oxygens (including phenoxy) is 1. The van der Waals surface area contributed by atoms with E-state index in [2.05, 4.69) is 4.74 Å². The van der Waals surface area contributed by atoms with Gasteiger partial charge < -0.3 is 25.2 Å². The summed E-state index contributed by atoms with van der Waals surface area (Å²) in [4.78, 5) is 10.8. The molecular weight excluding hydrogens is 204 g/mol. The largest absolute Gasteiger partial charge is 0.441 e. The van der Waals surface area contributed by atoms with Gasteiger partial charge in [0.05, 0.1) is 0 Å². The zero-order chi connectivity index (χ0) is 10.2. The van der Waals surface area contributed by atoms with Gasteiger partial charge in [-0.2, -0.15) is 0 Å². The topological polar surface area (TPSA) is 107 Å². The lowest BCUT2D eigenvalue weighted by Crippen LogP contribution is -2.45. The molecule has 1 aliphatic rings. The number of carbonyl (C=O) groups is 1. The third-order valence-corrected chi connectivity index (χ3v) is 2.11. The van der Waals surface area contributed by atoms with Crippen molar-refractivity contribution in [3.8, 4) is 0 Å². The van der Waals surface area contributed by atoms with Gasteiger partial charge in [0.15, 0.2) is 6.10 Å². The SMILES string of the molecule is O=C1OC(Cl)[C@@H](O)[C@@H](O)[C@H](O)[C@@H]1O. The van der Waals surface area contributed by atoms with Crippen molar-refractivity contribution in [1.82, 2.24) is 0 Å². The van der Waals surface area contributed by atoms with Gasteiger partial charge in [-0.05, 0) is 0 Å². The van der Waals surface area contributed by atoms with Crippen LogP contribution in [0.5, 0.6) is 0 Å². The molecule has 13 heavy (non-hydrogen) atoms. The van der Waals surface area contributed by atoms with Gasteiger partial charge in [-0.25, -0.2) is 4.79 Å². The first-order chi connectivity index (χ1) is 5.95. The van der Waals surface area contributed by atoms with Crippen molar-refractivity contribution in [2.45, 2.75) is 30.0 Å². The van der Waals surface area contributed by atoms with Gasteiger partial charge in [0.1, 0.15) is 18.3 Å². The highest BCUT2D eigenvalue weighted by Gasteiger charge is 2.43. The van der Waals surface area contributed by atoms with E-state index in [-0.39, 0.29) is 0 Å². The second-order valence-electron chi connectivity index (χ2n) is 2.70. The molecular formula is C6H9ClO6. The van der Waals surface area contributed by atoms with E-state index < -0.39 is 35.9 Å². The van der Waals surface area contributed by atoms with Crippen LogP contribution in [0.3, 0.4) is 0 Å². The van der Waals surface area contributed by atoms with Gasteiger partial charge >= 0.3 is 5.97 Å². The minimum absolute atomic E-state index is 1.18. The van der Waals surface area contributed by atoms with E-state index in [0.29, 0.717) is 0 Å². The summed E-state index contributed by atoms with van der Waals surface area (Å²) in [5.41, 5.74) is -1.48. The second kappa shape index (κ2) is 3.77. The minimum atomic E-state index is -1.90. The quantitative estimate of drug-likeness (QED) is 0.262. The zero-order valence-electron chi connectivity index (χ0n) is 6.37. The molecule has 1 rings (SSSR count). The van der Waals surface area contributed by atoms with Crippen LogP contribution < -0.4 is 0 Å². The van der Waals surface area contributed by atoms with Crippen molar-refractivity contribution in [3.05, 3.63) is 0 Å². The Bertz CT molecular complexity index is 209. The lowest BCUT2D eigenvalue weighted by atomic mass is 10.1. The van der Waals surface area contributed by atoms with Gasteiger partial charge in [-0.1, -0.05) is 11.6 Å². The third kappa shape index (κ3) is 1.92. The Morgan fingerprint density at radius 2 is 1.62 bits per heavy atom. The summed E-state index contributed by atoms with van der Waals surface area (Å²) < 4.78 is 4.28. The van der Waals surface area contributed by atoms with Crippen LogP contribution in [0.15, 0.2) is 0 Å². The molecule has 0 aromatic rings. The fourth-order valence-corrected chi connectivity index (χ4v) is 1.17. The van der Waals surface area contributed by atoms with Gasteiger partial charge in [0.2, 0.25) is 5.56 Å². The fraction of sp³-hybridized carbons (Fsp3) is 0.833. The molecule has 1 saturated heterocycles. The van der Waals surface area contributed by atoms with Crippen LogP contribution in [0.2, 0.25) is 0 Å². The number of carbonyl (C=O) groups excluding carboxylic acids is 1. The third-order valence-electron chi connectivity index (χ3n) is 1.76. The molecule has 0 bridgehead atoms. The first-order valence-corrected chi connectivity index (χ1v) is 3.95. The average Bonchev–Trinajstić information content (AvgIpc) is 2.15. The van der Waals surface area contributed by atoms with Crippen molar-refractivity contribution in [2.75, 3.05) is 0 Å². The Labute approximate surface area is 78.3 Å². The maximum Gasteiger partial charge on any atom is 0.339 e. The van der Waals surface area contributed by atoms with E-state index in [1.54, 1.807) is 0 Å². The van der Waals surface area contributed by atoms with Crippen molar-refractivity contribution in [2.24, 2.45) is 0 Å². The van der Waals surface area contributed by atoms with E-state index in [1.165, 1.54) is 0 Å². The van der Waals surface area contributed by atoms with Crippen LogP contribution in [0.25, 0.3) is 0 Å². The lowest BCUT2D eigenvalue weighted by molar-refractivity contribution is -0.159. The highest BCUT2D eigenvalue weighted by Crippen LogP contribution is 2.19. The fourth-order valence-electron chi connectivity index (χ4n) is 0.934. The van der Waals surface area contributed by atoms with Crippen LogP contribution in [0.1, 0.15) is 0 Å². The summed E-state index contributed by atoms with van der Waals surface area (Å²) in [7, 11) is 0. The summed E-state index contributed by atoms with van der Waals surface area (Å²) in [6.07, 6.45) is -7.04. The predicted octanol–water partition coefficient (Wildman–Crippen LogP) is -2.45. The van der Waals surface area contributed by atoms with Crippen LogP contribution in [-0.4, -0.2) is 56.4 Å². The zero-order valence-corrected chi connectivity index (χ0v) is 7.13. The van der Waals surface area contributed by atoms with Crippen LogP contribution in [0, 0.1) is 0 Å². The highest BCUT2D eigenvalue weighted by molar-refractivity contribution is 6.20. The summed E-state index contributed by atoms with van der Waals surface area (Å²) in [6, 6.07) is 0. The predicted molar refractivity (Wildman–Crippen MR) is 39.8 cm³/mol. The number of cyclic esters (lactones) is 1. The molecule has 4 N–H and O–H groups in total. The molecule has 1 fully saturated rings. The van der Waals surface area contributed by atoms with Crippen LogP contribution in [0.4, 0.5) is 0 Å². The number of hydrogen-bond donors (Lipinski definition) is 4. The number of hydrogen-bond acceptors (Lipinski definition) is 6. The van der Waals surface area contributed by atoms with E-state index in [0.717, 1.165) is 0 Å². The maximum absolute atomic E-state index is 10.8. The molecule has 7 heteroatoms. The Kier molecular flexibility index (Phi) is 3.09. The van der Waals surface area contributed by atoms with Crippen molar-refractivity contribution in [1.29, 1.82) is 0 Å². The summed E-state index contributed by atoms with van der Waals surface area (Å²) in [6.45, 7) is 0.